The first kappa shape index (κ1) is 33.5. The molecule has 236 valence electrons. The average molecular weight is 586 g/mol. The zero-order valence-corrected chi connectivity index (χ0v) is 26.5. The molecule has 2 aliphatic heterocycles. The monoisotopic (exact) mass is 585 g/mol. The van der Waals surface area contributed by atoms with E-state index in [1.807, 2.05) is 30.6 Å². The predicted molar refractivity (Wildman–Crippen MR) is 169 cm³/mol. The maximum atomic E-state index is 13.2. The van der Waals surface area contributed by atoms with Gasteiger partial charge in [0.15, 0.2) is 0 Å². The molecule has 2 heterocycles. The van der Waals surface area contributed by atoms with Crippen molar-refractivity contribution in [2.24, 2.45) is 5.92 Å². The first-order valence-electron chi connectivity index (χ1n) is 16.3. The van der Waals surface area contributed by atoms with Gasteiger partial charge in [0, 0.05) is 56.9 Å². The van der Waals surface area contributed by atoms with Crippen molar-refractivity contribution in [3.8, 4) is 0 Å². The Balaban J connectivity index is 1.29. The summed E-state index contributed by atoms with van der Waals surface area (Å²) in [4.78, 5) is 41.4. The van der Waals surface area contributed by atoms with Crippen LogP contribution in [0, 0.1) is 5.92 Å². The third kappa shape index (κ3) is 12.1. The highest BCUT2D eigenvalue weighted by atomic mass is 16.6. The zero-order valence-electron chi connectivity index (χ0n) is 26.5. The van der Waals surface area contributed by atoms with Crippen molar-refractivity contribution in [3.63, 3.8) is 0 Å². The van der Waals surface area contributed by atoms with Crippen molar-refractivity contribution in [1.82, 2.24) is 20.4 Å². The lowest BCUT2D eigenvalue weighted by Crippen LogP contribution is -2.49. The van der Waals surface area contributed by atoms with E-state index in [1.54, 1.807) is 0 Å². The summed E-state index contributed by atoms with van der Waals surface area (Å²) in [7, 11) is 0. The van der Waals surface area contributed by atoms with Crippen molar-refractivity contribution in [2.75, 3.05) is 44.6 Å². The molecule has 0 aliphatic carbocycles. The minimum Gasteiger partial charge on any atom is -0.444 e. The smallest absolute Gasteiger partial charge is 0.407 e. The molecule has 2 saturated heterocycles. The molecule has 0 spiro atoms. The molecule has 0 bridgehead atoms. The van der Waals surface area contributed by atoms with E-state index in [2.05, 4.69) is 47.1 Å². The van der Waals surface area contributed by atoms with Gasteiger partial charge in [-0.15, -0.1) is 0 Å². The van der Waals surface area contributed by atoms with Crippen LogP contribution in [0.5, 0.6) is 0 Å². The number of alkyl carbamates (subject to hydrolysis) is 1. The van der Waals surface area contributed by atoms with Crippen LogP contribution in [0.2, 0.25) is 0 Å². The number of hydrogen-bond donors (Lipinski definition) is 3. The molecule has 9 nitrogen and oxygen atoms in total. The van der Waals surface area contributed by atoms with Gasteiger partial charge in [-0.2, -0.15) is 0 Å². The molecule has 0 radical (unpaired) electrons. The molecular weight excluding hydrogens is 530 g/mol. The molecule has 9 heteroatoms. The van der Waals surface area contributed by atoms with Gasteiger partial charge in [0.1, 0.15) is 5.60 Å². The first-order chi connectivity index (χ1) is 20.1. The van der Waals surface area contributed by atoms with Crippen LogP contribution < -0.4 is 16.0 Å². The zero-order chi connectivity index (χ0) is 30.4. The number of amides is 4. The second-order valence-corrected chi connectivity index (χ2v) is 12.9. The summed E-state index contributed by atoms with van der Waals surface area (Å²) >= 11 is 0. The third-order valence-corrected chi connectivity index (χ3v) is 8.15. The number of likely N-dealkylation sites (tertiary alicyclic amines) is 2. The molecule has 1 aromatic carbocycles. The number of rotatable bonds is 13. The number of benzene rings is 1. The Hall–Kier alpha value is -2.97. The van der Waals surface area contributed by atoms with E-state index in [0.29, 0.717) is 25.7 Å². The van der Waals surface area contributed by atoms with Gasteiger partial charge < -0.3 is 30.5 Å². The minimum absolute atomic E-state index is 0.0202. The Labute approximate surface area is 253 Å². The van der Waals surface area contributed by atoms with Crippen LogP contribution in [-0.4, -0.2) is 78.7 Å². The number of piperidine rings is 2. The maximum Gasteiger partial charge on any atom is 0.407 e. The Bertz CT molecular complexity index is 962. The second kappa shape index (κ2) is 17.2. The molecule has 2 fully saturated rings. The van der Waals surface area contributed by atoms with Crippen LogP contribution >= 0.6 is 0 Å². The van der Waals surface area contributed by atoms with E-state index < -0.39 is 11.7 Å². The Morgan fingerprint density at radius 2 is 1.43 bits per heavy atom. The number of nitrogens with one attached hydrogen (secondary N) is 3. The van der Waals surface area contributed by atoms with Crippen LogP contribution in [0.4, 0.5) is 15.3 Å². The van der Waals surface area contributed by atoms with E-state index in [0.717, 1.165) is 69.4 Å². The maximum absolute atomic E-state index is 13.2. The van der Waals surface area contributed by atoms with Crippen molar-refractivity contribution in [3.05, 3.63) is 29.8 Å². The van der Waals surface area contributed by atoms with Gasteiger partial charge in [-0.1, -0.05) is 51.2 Å². The summed E-state index contributed by atoms with van der Waals surface area (Å²) in [6.45, 7) is 11.9. The SMILES string of the molecule is CCCCCCCCNC(=O)N1CCC(C(=O)N2CCC(Nc3ccc(CCNC(=O)OC(C)(C)C)cc3)CC2)CC1. The molecule has 0 unspecified atom stereocenters. The summed E-state index contributed by atoms with van der Waals surface area (Å²) in [5, 5.41) is 9.48. The summed E-state index contributed by atoms with van der Waals surface area (Å²) in [5.74, 6) is 0.277. The lowest BCUT2D eigenvalue weighted by atomic mass is 9.94. The van der Waals surface area contributed by atoms with Crippen molar-refractivity contribution < 1.29 is 19.1 Å². The molecule has 42 heavy (non-hydrogen) atoms. The standard InChI is InChI=1S/C33H55N5O4/c1-5-6-7-8-9-10-20-34-31(40)38-22-16-27(17-23-38)30(39)37-24-18-29(19-25-37)36-28-13-11-26(12-14-28)15-21-35-32(41)42-33(2,3)4/h11-14,27,29,36H,5-10,15-25H2,1-4H3,(H,34,40)(H,35,41). The van der Waals surface area contributed by atoms with Crippen LogP contribution in [-0.2, 0) is 16.0 Å². The molecule has 2 aliphatic rings. The van der Waals surface area contributed by atoms with E-state index in [4.69, 9.17) is 4.74 Å². The summed E-state index contributed by atoms with van der Waals surface area (Å²) < 4.78 is 5.27. The van der Waals surface area contributed by atoms with Crippen LogP contribution in [0.25, 0.3) is 0 Å². The van der Waals surface area contributed by atoms with Crippen LogP contribution in [0.3, 0.4) is 0 Å². The Kier molecular flexibility index (Phi) is 13.7. The highest BCUT2D eigenvalue weighted by Crippen LogP contribution is 2.23. The summed E-state index contributed by atoms with van der Waals surface area (Å²) in [6.07, 6.45) is 11.0. The highest BCUT2D eigenvalue weighted by molar-refractivity contribution is 5.80. The van der Waals surface area contributed by atoms with E-state index in [1.165, 1.54) is 32.1 Å². The van der Waals surface area contributed by atoms with Crippen molar-refractivity contribution in [1.29, 1.82) is 0 Å². The fraction of sp³-hybridized carbons (Fsp3) is 0.727. The molecular formula is C33H55N5O4. The number of unbranched alkanes of at least 4 members (excludes halogenated alkanes) is 5. The summed E-state index contributed by atoms with van der Waals surface area (Å²) in [6, 6.07) is 8.69. The van der Waals surface area contributed by atoms with Gasteiger partial charge in [0.25, 0.3) is 0 Å². The average Bonchev–Trinajstić information content (AvgIpc) is 2.97. The van der Waals surface area contributed by atoms with Gasteiger partial charge in [-0.05, 0) is 77.0 Å². The number of urea groups is 1. The fourth-order valence-electron chi connectivity index (χ4n) is 5.67. The molecule has 3 N–H and O–H groups in total. The number of anilines is 1. The topological polar surface area (TPSA) is 103 Å². The molecule has 1 aromatic rings. The number of ether oxygens (including phenoxy) is 1. The lowest BCUT2D eigenvalue weighted by molar-refractivity contribution is -0.137. The second-order valence-electron chi connectivity index (χ2n) is 12.9. The largest absolute Gasteiger partial charge is 0.444 e. The number of nitrogens with zero attached hydrogens (tertiary/aromatic N) is 2. The third-order valence-electron chi connectivity index (χ3n) is 8.15. The number of carbonyl (C=O) groups excluding carboxylic acids is 3. The van der Waals surface area contributed by atoms with Gasteiger partial charge in [0.05, 0.1) is 0 Å². The molecule has 3 rings (SSSR count). The quantitative estimate of drug-likeness (QED) is 0.249. The molecule has 0 saturated carbocycles. The first-order valence-corrected chi connectivity index (χ1v) is 16.3. The normalized spacial score (nSPS) is 16.7. The van der Waals surface area contributed by atoms with Crippen LogP contribution in [0.1, 0.15) is 97.5 Å². The van der Waals surface area contributed by atoms with Gasteiger partial charge >= 0.3 is 12.1 Å². The van der Waals surface area contributed by atoms with E-state index >= 15 is 0 Å². The molecule has 4 amide bonds. The Morgan fingerprint density at radius 3 is 2.07 bits per heavy atom. The summed E-state index contributed by atoms with van der Waals surface area (Å²) in [5.41, 5.74) is 1.73. The van der Waals surface area contributed by atoms with E-state index in [9.17, 15) is 14.4 Å². The molecule has 0 atom stereocenters. The Morgan fingerprint density at radius 1 is 0.810 bits per heavy atom. The van der Waals surface area contributed by atoms with E-state index in [-0.39, 0.29) is 17.9 Å². The number of hydrogen-bond acceptors (Lipinski definition) is 5. The van der Waals surface area contributed by atoms with Crippen molar-refractivity contribution in [2.45, 2.75) is 110 Å². The lowest BCUT2D eigenvalue weighted by Gasteiger charge is -2.37. The van der Waals surface area contributed by atoms with Crippen molar-refractivity contribution >= 4 is 23.7 Å². The van der Waals surface area contributed by atoms with Crippen LogP contribution in [0.15, 0.2) is 24.3 Å². The van der Waals surface area contributed by atoms with Gasteiger partial charge in [-0.25, -0.2) is 9.59 Å². The predicted octanol–water partition coefficient (Wildman–Crippen LogP) is 5.94. The van der Waals surface area contributed by atoms with Gasteiger partial charge in [-0.3, -0.25) is 4.79 Å². The fourth-order valence-corrected chi connectivity index (χ4v) is 5.67. The minimum atomic E-state index is -0.496. The van der Waals surface area contributed by atoms with Gasteiger partial charge in [0.2, 0.25) is 5.91 Å². The highest BCUT2D eigenvalue weighted by Gasteiger charge is 2.32. The molecule has 0 aromatic heterocycles. The number of carbonyl (C=O) groups is 3.